The molecular formula is C24H28FN5S. The smallest absolute Gasteiger partial charge is 0.223 e. The average molecular weight is 438 g/mol. The van der Waals surface area contributed by atoms with E-state index in [1.54, 1.807) is 23.5 Å². The summed E-state index contributed by atoms with van der Waals surface area (Å²) in [6.07, 6.45) is 8.87. The van der Waals surface area contributed by atoms with Crippen LogP contribution in [-0.2, 0) is 0 Å². The Hall–Kier alpha value is -2.38. The van der Waals surface area contributed by atoms with E-state index in [1.165, 1.54) is 31.7 Å². The number of nitrogens with one attached hydrogen (secondary N) is 1. The number of likely N-dealkylation sites (tertiary alicyclic amines) is 1. The average Bonchev–Trinajstić information content (AvgIpc) is 3.45. The largest absolute Gasteiger partial charge is 0.351 e. The lowest BCUT2D eigenvalue weighted by Crippen LogP contribution is -2.29. The minimum absolute atomic E-state index is 0.247. The molecule has 0 amide bonds. The van der Waals surface area contributed by atoms with Crippen LogP contribution in [-0.4, -0.2) is 46.0 Å². The molecule has 0 unspecified atom stereocenters. The van der Waals surface area contributed by atoms with Crippen LogP contribution in [0.15, 0.2) is 36.5 Å². The summed E-state index contributed by atoms with van der Waals surface area (Å²) in [5.74, 6) is 0.868. The second-order valence-corrected chi connectivity index (χ2v) is 9.74. The summed E-state index contributed by atoms with van der Waals surface area (Å²) in [7, 11) is 2.17. The number of piperidine rings is 1. The summed E-state index contributed by atoms with van der Waals surface area (Å²) in [6.45, 7) is 2.16. The summed E-state index contributed by atoms with van der Waals surface area (Å²) < 4.78 is 14.0. The van der Waals surface area contributed by atoms with Crippen LogP contribution in [0.5, 0.6) is 0 Å². The molecule has 31 heavy (non-hydrogen) atoms. The zero-order chi connectivity index (χ0) is 21.2. The molecule has 3 aromatic rings. The summed E-state index contributed by atoms with van der Waals surface area (Å²) in [5, 5.41) is 4.62. The highest BCUT2D eigenvalue weighted by Gasteiger charge is 2.25. The van der Waals surface area contributed by atoms with E-state index in [4.69, 9.17) is 9.97 Å². The third kappa shape index (κ3) is 4.62. The topological polar surface area (TPSA) is 53.9 Å². The molecular weight excluding hydrogens is 409 g/mol. The lowest BCUT2D eigenvalue weighted by Gasteiger charge is -2.27. The van der Waals surface area contributed by atoms with Crippen molar-refractivity contribution in [2.24, 2.45) is 0 Å². The molecule has 5 rings (SSSR count). The van der Waals surface area contributed by atoms with Crippen LogP contribution in [0.1, 0.15) is 49.5 Å². The maximum absolute atomic E-state index is 14.0. The summed E-state index contributed by atoms with van der Waals surface area (Å²) >= 11 is 1.70. The van der Waals surface area contributed by atoms with Crippen LogP contribution in [0.2, 0.25) is 0 Å². The predicted molar refractivity (Wildman–Crippen MR) is 124 cm³/mol. The fourth-order valence-corrected chi connectivity index (χ4v) is 5.81. The lowest BCUT2D eigenvalue weighted by molar-refractivity contribution is 0.255. The number of halogens is 1. The van der Waals surface area contributed by atoms with Crippen LogP contribution >= 0.6 is 11.3 Å². The Morgan fingerprint density at radius 2 is 1.87 bits per heavy atom. The number of nitrogens with zero attached hydrogens (tertiary/aromatic N) is 4. The normalized spacial score (nSPS) is 18.5. The van der Waals surface area contributed by atoms with Crippen molar-refractivity contribution in [3.8, 4) is 21.8 Å². The first-order valence-corrected chi connectivity index (χ1v) is 12.0. The highest BCUT2D eigenvalue weighted by atomic mass is 32.1. The van der Waals surface area contributed by atoms with Gasteiger partial charge in [-0.05, 0) is 64.0 Å². The van der Waals surface area contributed by atoms with Gasteiger partial charge in [-0.2, -0.15) is 0 Å². The van der Waals surface area contributed by atoms with Gasteiger partial charge in [0.15, 0.2) is 0 Å². The van der Waals surface area contributed by atoms with Gasteiger partial charge in [-0.25, -0.2) is 19.3 Å². The summed E-state index contributed by atoms with van der Waals surface area (Å²) in [5.41, 5.74) is 2.48. The number of aromatic nitrogens is 3. The van der Waals surface area contributed by atoms with Crippen molar-refractivity contribution in [1.29, 1.82) is 0 Å². The first-order chi connectivity index (χ1) is 15.2. The SMILES string of the molecule is CN1CCC(c2nc(-c3cccc(F)c3)c(-c3ccnc(NC4CCCC4)n3)s2)CC1. The van der Waals surface area contributed by atoms with Crippen molar-refractivity contribution in [1.82, 2.24) is 19.9 Å². The van der Waals surface area contributed by atoms with Crippen LogP contribution in [0.4, 0.5) is 10.3 Å². The fourth-order valence-electron chi connectivity index (χ4n) is 4.58. The molecule has 1 saturated carbocycles. The van der Waals surface area contributed by atoms with Gasteiger partial charge >= 0.3 is 0 Å². The van der Waals surface area contributed by atoms with E-state index in [0.717, 1.165) is 52.8 Å². The minimum Gasteiger partial charge on any atom is -0.351 e. The van der Waals surface area contributed by atoms with E-state index in [-0.39, 0.29) is 5.82 Å². The van der Waals surface area contributed by atoms with Gasteiger partial charge < -0.3 is 10.2 Å². The molecule has 7 heteroatoms. The number of rotatable bonds is 5. The highest BCUT2D eigenvalue weighted by molar-refractivity contribution is 7.15. The molecule has 0 bridgehead atoms. The first kappa shape index (κ1) is 20.5. The van der Waals surface area contributed by atoms with Gasteiger partial charge in [0.05, 0.1) is 21.3 Å². The van der Waals surface area contributed by atoms with Crippen LogP contribution in [0, 0.1) is 5.82 Å². The molecule has 1 aliphatic carbocycles. The van der Waals surface area contributed by atoms with Crippen LogP contribution in [0.3, 0.4) is 0 Å². The maximum atomic E-state index is 14.0. The number of hydrogen-bond donors (Lipinski definition) is 1. The molecule has 2 aliphatic rings. The molecule has 162 valence electrons. The fraction of sp³-hybridized carbons (Fsp3) is 0.458. The number of hydrogen-bond acceptors (Lipinski definition) is 6. The maximum Gasteiger partial charge on any atom is 0.223 e. The predicted octanol–water partition coefficient (Wildman–Crippen LogP) is 5.57. The molecule has 1 aromatic carbocycles. The van der Waals surface area contributed by atoms with E-state index in [2.05, 4.69) is 22.2 Å². The molecule has 0 atom stereocenters. The third-order valence-corrected chi connectivity index (χ3v) is 7.63. The van der Waals surface area contributed by atoms with Gasteiger partial charge in [-0.3, -0.25) is 0 Å². The Morgan fingerprint density at radius 3 is 2.65 bits per heavy atom. The van der Waals surface area contributed by atoms with Crippen molar-refractivity contribution in [3.05, 3.63) is 47.4 Å². The van der Waals surface area contributed by atoms with Crippen LogP contribution < -0.4 is 5.32 Å². The second-order valence-electron chi connectivity index (χ2n) is 8.71. The summed E-state index contributed by atoms with van der Waals surface area (Å²) in [6, 6.07) is 9.11. The minimum atomic E-state index is -0.247. The molecule has 1 aliphatic heterocycles. The molecule has 0 spiro atoms. The molecule has 1 N–H and O–H groups in total. The van der Waals surface area contributed by atoms with E-state index in [1.807, 2.05) is 18.3 Å². The van der Waals surface area contributed by atoms with Crippen LogP contribution in [0.25, 0.3) is 21.8 Å². The van der Waals surface area contributed by atoms with Gasteiger partial charge in [0.1, 0.15) is 5.82 Å². The zero-order valence-electron chi connectivity index (χ0n) is 17.9. The number of anilines is 1. The molecule has 0 radical (unpaired) electrons. The lowest BCUT2D eigenvalue weighted by atomic mass is 9.98. The van der Waals surface area contributed by atoms with Gasteiger partial charge in [0, 0.05) is 23.7 Å². The van der Waals surface area contributed by atoms with Crippen molar-refractivity contribution in [3.63, 3.8) is 0 Å². The Balaban J connectivity index is 1.52. The Bertz CT molecular complexity index is 1040. The second kappa shape index (κ2) is 9.01. The van der Waals surface area contributed by atoms with Gasteiger partial charge in [-0.15, -0.1) is 11.3 Å². The molecule has 2 aromatic heterocycles. The van der Waals surface area contributed by atoms with Crippen molar-refractivity contribution < 1.29 is 4.39 Å². The van der Waals surface area contributed by atoms with E-state index in [9.17, 15) is 4.39 Å². The molecule has 2 fully saturated rings. The van der Waals surface area contributed by atoms with E-state index in [0.29, 0.717) is 17.9 Å². The standard InChI is InChI=1S/C24H28FN5S/c1-30-13-10-16(11-14-30)23-29-21(17-5-4-6-18(25)15-17)22(31-23)20-9-12-26-24(28-20)27-19-7-2-3-8-19/h4-6,9,12,15-16,19H,2-3,7-8,10-11,13-14H2,1H3,(H,26,27,28). The Kier molecular flexibility index (Phi) is 5.96. The Labute approximate surface area is 186 Å². The van der Waals surface area contributed by atoms with Crippen molar-refractivity contribution in [2.75, 3.05) is 25.5 Å². The van der Waals surface area contributed by atoms with Crippen molar-refractivity contribution >= 4 is 17.3 Å². The van der Waals surface area contributed by atoms with E-state index < -0.39 is 0 Å². The van der Waals surface area contributed by atoms with Crippen molar-refractivity contribution in [2.45, 2.75) is 50.5 Å². The summed E-state index contributed by atoms with van der Waals surface area (Å²) in [4.78, 5) is 17.7. The zero-order valence-corrected chi connectivity index (χ0v) is 18.7. The van der Waals surface area contributed by atoms with E-state index >= 15 is 0 Å². The molecule has 3 heterocycles. The highest BCUT2D eigenvalue weighted by Crippen LogP contribution is 2.41. The number of thiazole rings is 1. The Morgan fingerprint density at radius 1 is 1.06 bits per heavy atom. The number of benzene rings is 1. The molecule has 1 saturated heterocycles. The first-order valence-electron chi connectivity index (χ1n) is 11.2. The van der Waals surface area contributed by atoms with Gasteiger partial charge in [0.25, 0.3) is 0 Å². The van der Waals surface area contributed by atoms with Gasteiger partial charge in [-0.1, -0.05) is 25.0 Å². The monoisotopic (exact) mass is 437 g/mol. The quantitative estimate of drug-likeness (QED) is 0.565. The third-order valence-electron chi connectivity index (χ3n) is 6.39. The molecule has 5 nitrogen and oxygen atoms in total. The van der Waals surface area contributed by atoms with Gasteiger partial charge in [0.2, 0.25) is 5.95 Å².